The Bertz CT molecular complexity index is 1220. The summed E-state index contributed by atoms with van der Waals surface area (Å²) in [7, 11) is 0. The molecule has 3 aromatic heterocycles. The third kappa shape index (κ3) is 3.71. The number of amides is 1. The lowest BCUT2D eigenvalue weighted by Gasteiger charge is -2.10. The Morgan fingerprint density at radius 2 is 2.00 bits per heavy atom. The minimum atomic E-state index is -4.45. The van der Waals surface area contributed by atoms with Crippen LogP contribution >= 0.6 is 11.6 Å². The summed E-state index contributed by atoms with van der Waals surface area (Å²) in [5.41, 5.74) is 0.482. The molecule has 4 aromatic rings. The molecule has 12 heteroatoms. The number of nitrogens with zero attached hydrogens (tertiary/aromatic N) is 5. The lowest BCUT2D eigenvalue weighted by molar-refractivity contribution is -0.137. The maximum atomic E-state index is 12.7. The van der Waals surface area contributed by atoms with E-state index in [1.54, 1.807) is 11.6 Å². The Balaban J connectivity index is 1.62. The van der Waals surface area contributed by atoms with Gasteiger partial charge in [-0.2, -0.15) is 18.3 Å². The molecule has 0 radical (unpaired) electrons. The summed E-state index contributed by atoms with van der Waals surface area (Å²) < 4.78 is 39.6. The second-order valence-corrected chi connectivity index (χ2v) is 6.77. The zero-order valence-corrected chi connectivity index (χ0v) is 16.1. The highest BCUT2D eigenvalue weighted by Crippen LogP contribution is 2.31. The van der Waals surface area contributed by atoms with E-state index in [9.17, 15) is 18.0 Å². The van der Waals surface area contributed by atoms with E-state index in [2.05, 4.69) is 30.6 Å². The largest absolute Gasteiger partial charge is 0.416 e. The van der Waals surface area contributed by atoms with Gasteiger partial charge in [-0.15, -0.1) is 10.2 Å². The van der Waals surface area contributed by atoms with Gasteiger partial charge in [0, 0.05) is 11.9 Å². The van der Waals surface area contributed by atoms with E-state index >= 15 is 0 Å². The summed E-state index contributed by atoms with van der Waals surface area (Å²) in [5, 5.41) is 15.2. The first kappa shape index (κ1) is 19.8. The maximum Gasteiger partial charge on any atom is 0.416 e. The van der Waals surface area contributed by atoms with Crippen LogP contribution in [0.3, 0.4) is 0 Å². The molecular weight excluding hydrogens is 423 g/mol. The number of anilines is 1. The first-order chi connectivity index (χ1) is 14.2. The fraction of sp³-hybridized carbons (Fsp3) is 0.167. The van der Waals surface area contributed by atoms with Gasteiger partial charge >= 0.3 is 6.18 Å². The average molecular weight is 436 g/mol. The number of aromatic nitrogens is 6. The summed E-state index contributed by atoms with van der Waals surface area (Å²) >= 11 is 6.45. The summed E-state index contributed by atoms with van der Waals surface area (Å²) in [6, 6.07) is 4.11. The zero-order valence-electron chi connectivity index (χ0n) is 15.3. The van der Waals surface area contributed by atoms with E-state index < -0.39 is 17.6 Å². The van der Waals surface area contributed by atoms with Crippen LogP contribution < -0.4 is 5.32 Å². The number of halogens is 4. The van der Waals surface area contributed by atoms with Crippen LogP contribution in [-0.4, -0.2) is 35.9 Å². The number of carbonyl (C=O) groups is 1. The van der Waals surface area contributed by atoms with Gasteiger partial charge in [-0.25, -0.2) is 9.67 Å². The molecule has 0 spiro atoms. The van der Waals surface area contributed by atoms with Crippen molar-refractivity contribution in [1.82, 2.24) is 29.9 Å². The van der Waals surface area contributed by atoms with Gasteiger partial charge in [0.05, 0.1) is 27.2 Å². The summed E-state index contributed by atoms with van der Waals surface area (Å²) in [6.07, 6.45) is -1.72. The molecule has 0 saturated carbocycles. The number of hydrogen-bond donors (Lipinski definition) is 2. The second kappa shape index (κ2) is 7.41. The molecule has 2 N–H and O–H groups in total. The Hall–Kier alpha value is -3.47. The molecule has 0 fully saturated rings. The number of nitrogens with one attached hydrogen (secondary N) is 2. The SMILES string of the molecule is Cc1nn(Cc2nnc[nH]2)c2ncc(C(=O)Nc3ccc(C(F)(F)F)cc3)c(Cl)c12. The van der Waals surface area contributed by atoms with Gasteiger partial charge in [-0.1, -0.05) is 11.6 Å². The average Bonchev–Trinajstić information content (AvgIpc) is 3.30. The molecule has 4 rings (SSSR count). The van der Waals surface area contributed by atoms with Gasteiger partial charge in [0.25, 0.3) is 5.91 Å². The predicted molar refractivity (Wildman–Crippen MR) is 102 cm³/mol. The number of rotatable bonds is 4. The first-order valence-corrected chi connectivity index (χ1v) is 8.97. The molecule has 0 saturated heterocycles. The molecular formula is C18H13ClF3N7O. The number of H-pyrrole nitrogens is 1. The van der Waals surface area contributed by atoms with Gasteiger partial charge in [0.15, 0.2) is 11.5 Å². The van der Waals surface area contributed by atoms with E-state index in [0.29, 0.717) is 22.6 Å². The van der Waals surface area contributed by atoms with Crippen molar-refractivity contribution in [1.29, 1.82) is 0 Å². The number of fused-ring (bicyclic) bond motifs is 1. The minimum absolute atomic E-state index is 0.0754. The number of benzene rings is 1. The van der Waals surface area contributed by atoms with E-state index in [0.717, 1.165) is 12.1 Å². The lowest BCUT2D eigenvalue weighted by Crippen LogP contribution is -2.14. The van der Waals surface area contributed by atoms with Crippen molar-refractivity contribution >= 4 is 34.2 Å². The molecule has 0 aliphatic heterocycles. The molecule has 0 unspecified atom stereocenters. The van der Waals surface area contributed by atoms with Crippen LogP contribution in [0.2, 0.25) is 5.02 Å². The summed E-state index contributed by atoms with van der Waals surface area (Å²) in [6.45, 7) is 2.01. The fourth-order valence-corrected chi connectivity index (χ4v) is 3.29. The van der Waals surface area contributed by atoms with E-state index in [1.807, 2.05) is 0 Å². The van der Waals surface area contributed by atoms with Crippen molar-refractivity contribution in [2.75, 3.05) is 5.32 Å². The van der Waals surface area contributed by atoms with Crippen molar-refractivity contribution in [3.63, 3.8) is 0 Å². The standard InChI is InChI=1S/C18H13ClF3N7O/c1-9-14-15(19)12(6-23-16(14)29(28-9)7-13-24-8-25-27-13)17(30)26-11-4-2-10(3-5-11)18(20,21)22/h2-6,8H,7H2,1H3,(H,26,30)(H,24,25,27). The number of aryl methyl sites for hydroxylation is 1. The maximum absolute atomic E-state index is 12.7. The van der Waals surface area contributed by atoms with Crippen molar-refractivity contribution in [2.24, 2.45) is 0 Å². The topological polar surface area (TPSA) is 101 Å². The molecule has 1 aromatic carbocycles. The summed E-state index contributed by atoms with van der Waals surface area (Å²) in [4.78, 5) is 19.8. The molecule has 0 bridgehead atoms. The van der Waals surface area contributed by atoms with Crippen LogP contribution in [0.15, 0.2) is 36.8 Å². The zero-order chi connectivity index (χ0) is 21.5. The second-order valence-electron chi connectivity index (χ2n) is 6.39. The summed E-state index contributed by atoms with van der Waals surface area (Å²) in [5.74, 6) is -0.0296. The van der Waals surface area contributed by atoms with Crippen molar-refractivity contribution in [3.05, 3.63) is 64.5 Å². The molecule has 0 aliphatic rings. The van der Waals surface area contributed by atoms with Crippen LogP contribution in [0.1, 0.15) is 27.4 Å². The van der Waals surface area contributed by atoms with Crippen molar-refractivity contribution < 1.29 is 18.0 Å². The van der Waals surface area contributed by atoms with Crippen LogP contribution in [0, 0.1) is 6.92 Å². The lowest BCUT2D eigenvalue weighted by atomic mass is 10.1. The molecule has 30 heavy (non-hydrogen) atoms. The monoisotopic (exact) mass is 435 g/mol. The first-order valence-electron chi connectivity index (χ1n) is 8.59. The van der Waals surface area contributed by atoms with Crippen molar-refractivity contribution in [2.45, 2.75) is 19.6 Å². The highest BCUT2D eigenvalue weighted by molar-refractivity contribution is 6.39. The highest BCUT2D eigenvalue weighted by Gasteiger charge is 2.30. The fourth-order valence-electron chi connectivity index (χ4n) is 2.93. The number of aromatic amines is 1. The quantitative estimate of drug-likeness (QED) is 0.507. The van der Waals surface area contributed by atoms with Gasteiger partial charge in [0.1, 0.15) is 12.9 Å². The van der Waals surface area contributed by atoms with E-state index in [1.165, 1.54) is 24.7 Å². The van der Waals surface area contributed by atoms with Gasteiger partial charge < -0.3 is 10.3 Å². The van der Waals surface area contributed by atoms with Crippen LogP contribution in [0.4, 0.5) is 18.9 Å². The molecule has 3 heterocycles. The highest BCUT2D eigenvalue weighted by atomic mass is 35.5. The number of pyridine rings is 1. The Labute approximate surface area is 172 Å². The predicted octanol–water partition coefficient (Wildman–Crippen LogP) is 3.83. The number of alkyl halides is 3. The number of carbonyl (C=O) groups excluding carboxylic acids is 1. The third-order valence-electron chi connectivity index (χ3n) is 4.35. The van der Waals surface area contributed by atoms with Crippen LogP contribution in [-0.2, 0) is 12.7 Å². The van der Waals surface area contributed by atoms with Crippen molar-refractivity contribution in [3.8, 4) is 0 Å². The third-order valence-corrected chi connectivity index (χ3v) is 4.75. The van der Waals surface area contributed by atoms with Crippen LogP contribution in [0.5, 0.6) is 0 Å². The molecule has 0 aliphatic carbocycles. The normalized spacial score (nSPS) is 11.8. The van der Waals surface area contributed by atoms with Gasteiger partial charge in [-0.05, 0) is 31.2 Å². The Kier molecular flexibility index (Phi) is 4.90. The van der Waals surface area contributed by atoms with E-state index in [4.69, 9.17) is 11.6 Å². The van der Waals surface area contributed by atoms with E-state index in [-0.39, 0.29) is 22.8 Å². The Morgan fingerprint density at radius 3 is 2.63 bits per heavy atom. The molecule has 154 valence electrons. The molecule has 8 nitrogen and oxygen atoms in total. The van der Waals surface area contributed by atoms with Gasteiger partial charge in [-0.3, -0.25) is 4.79 Å². The number of hydrogen-bond acceptors (Lipinski definition) is 5. The molecule has 1 amide bonds. The smallest absolute Gasteiger partial charge is 0.330 e. The van der Waals surface area contributed by atoms with Gasteiger partial charge in [0.2, 0.25) is 0 Å². The Morgan fingerprint density at radius 1 is 1.27 bits per heavy atom. The van der Waals surface area contributed by atoms with Crippen LogP contribution in [0.25, 0.3) is 11.0 Å². The molecule has 0 atom stereocenters. The minimum Gasteiger partial charge on any atom is -0.330 e.